The molecule has 0 spiro atoms. The Hall–Kier alpha value is -2.19. The first kappa shape index (κ1) is 18.2. The van der Waals surface area contributed by atoms with Gasteiger partial charge in [-0.25, -0.2) is 8.42 Å². The van der Waals surface area contributed by atoms with Crippen LogP contribution >= 0.6 is 0 Å². The highest BCUT2D eigenvalue weighted by Gasteiger charge is 2.20. The predicted octanol–water partition coefficient (Wildman–Crippen LogP) is 1.09. The summed E-state index contributed by atoms with van der Waals surface area (Å²) in [5.41, 5.74) is 0.788. The molecule has 0 aliphatic heterocycles. The van der Waals surface area contributed by atoms with E-state index in [0.717, 1.165) is 5.69 Å². The van der Waals surface area contributed by atoms with E-state index in [-0.39, 0.29) is 35.6 Å². The van der Waals surface area contributed by atoms with Crippen molar-refractivity contribution in [1.82, 2.24) is 15.1 Å². The van der Waals surface area contributed by atoms with Crippen LogP contribution < -0.4 is 5.32 Å². The quantitative estimate of drug-likeness (QED) is 0.769. The van der Waals surface area contributed by atoms with Gasteiger partial charge in [0.2, 0.25) is 5.91 Å². The number of rotatable bonds is 8. The smallest absolute Gasteiger partial charge is 0.221 e. The Labute approximate surface area is 141 Å². The van der Waals surface area contributed by atoms with Gasteiger partial charge in [-0.3, -0.25) is 9.48 Å². The van der Waals surface area contributed by atoms with E-state index in [2.05, 4.69) is 10.4 Å². The molecule has 1 atom stereocenters. The summed E-state index contributed by atoms with van der Waals surface area (Å²) in [4.78, 5) is 12.4. The standard InChI is InChI=1S/C16H21N3O4S/c1-19-15(8-10-17-19)14(12-23-2)18-16(20)9-11-24(21,22)13-6-4-3-5-7-13/h3-8,10,14H,9,11-12H2,1-2H3,(H,18,20)/t14-/m0/s1. The van der Waals surface area contributed by atoms with Gasteiger partial charge in [0.1, 0.15) is 0 Å². The summed E-state index contributed by atoms with van der Waals surface area (Å²) in [6, 6.07) is 9.51. The topological polar surface area (TPSA) is 90.3 Å². The van der Waals surface area contributed by atoms with Gasteiger partial charge >= 0.3 is 0 Å². The van der Waals surface area contributed by atoms with Crippen molar-refractivity contribution in [3.63, 3.8) is 0 Å². The van der Waals surface area contributed by atoms with Crippen molar-refractivity contribution < 1.29 is 17.9 Å². The van der Waals surface area contributed by atoms with Crippen LogP contribution in [-0.2, 0) is 26.4 Å². The fourth-order valence-corrected chi connectivity index (χ4v) is 3.59. The van der Waals surface area contributed by atoms with E-state index >= 15 is 0 Å². The molecule has 0 saturated carbocycles. The van der Waals surface area contributed by atoms with Crippen molar-refractivity contribution in [2.45, 2.75) is 17.4 Å². The largest absolute Gasteiger partial charge is 0.382 e. The molecule has 1 aromatic carbocycles. The van der Waals surface area contributed by atoms with Crippen LogP contribution in [0.2, 0.25) is 0 Å². The number of aryl methyl sites for hydroxylation is 1. The minimum atomic E-state index is -3.48. The van der Waals surface area contributed by atoms with E-state index in [1.165, 1.54) is 19.2 Å². The van der Waals surface area contributed by atoms with Crippen LogP contribution in [0.25, 0.3) is 0 Å². The molecule has 7 nitrogen and oxygen atoms in total. The number of hydrogen-bond donors (Lipinski definition) is 1. The summed E-state index contributed by atoms with van der Waals surface area (Å²) < 4.78 is 31.2. The van der Waals surface area contributed by atoms with E-state index in [1.54, 1.807) is 42.2 Å². The van der Waals surface area contributed by atoms with Gasteiger partial charge in [-0.2, -0.15) is 5.10 Å². The van der Waals surface area contributed by atoms with Crippen LogP contribution in [0.5, 0.6) is 0 Å². The fraction of sp³-hybridized carbons (Fsp3) is 0.375. The molecule has 0 aliphatic carbocycles. The SMILES string of the molecule is COC[C@H](NC(=O)CCS(=O)(=O)c1ccccc1)c1ccnn1C. The second-order valence-corrected chi connectivity index (χ2v) is 7.45. The van der Waals surface area contributed by atoms with E-state index in [0.29, 0.717) is 0 Å². The summed E-state index contributed by atoms with van der Waals surface area (Å²) in [5.74, 6) is -0.591. The number of aromatic nitrogens is 2. The summed E-state index contributed by atoms with van der Waals surface area (Å²) >= 11 is 0. The summed E-state index contributed by atoms with van der Waals surface area (Å²) in [5, 5.41) is 6.86. The third-order valence-electron chi connectivity index (χ3n) is 3.58. The number of carbonyl (C=O) groups is 1. The first-order valence-electron chi connectivity index (χ1n) is 7.48. The maximum absolute atomic E-state index is 12.2. The molecule has 1 aromatic heterocycles. The number of carbonyl (C=O) groups excluding carboxylic acids is 1. The second kappa shape index (κ2) is 8.07. The van der Waals surface area contributed by atoms with Gasteiger partial charge in [-0.05, 0) is 18.2 Å². The predicted molar refractivity (Wildman–Crippen MR) is 89.1 cm³/mol. The molecular weight excluding hydrogens is 330 g/mol. The Morgan fingerprint density at radius 3 is 2.58 bits per heavy atom. The highest BCUT2D eigenvalue weighted by atomic mass is 32.2. The lowest BCUT2D eigenvalue weighted by Gasteiger charge is -2.18. The molecule has 8 heteroatoms. The Kier molecular flexibility index (Phi) is 6.10. The van der Waals surface area contributed by atoms with Gasteiger partial charge in [-0.15, -0.1) is 0 Å². The molecule has 130 valence electrons. The van der Waals surface area contributed by atoms with Gasteiger partial charge in [-0.1, -0.05) is 18.2 Å². The summed E-state index contributed by atoms with van der Waals surface area (Å²) in [6.45, 7) is 0.275. The Morgan fingerprint density at radius 2 is 2.00 bits per heavy atom. The Balaban J connectivity index is 1.98. The van der Waals surface area contributed by atoms with E-state index < -0.39 is 9.84 Å². The molecule has 0 bridgehead atoms. The molecule has 0 saturated heterocycles. The molecule has 1 amide bonds. The first-order valence-corrected chi connectivity index (χ1v) is 9.13. The average molecular weight is 351 g/mol. The number of nitrogens with zero attached hydrogens (tertiary/aromatic N) is 2. The third-order valence-corrected chi connectivity index (χ3v) is 5.32. The maximum Gasteiger partial charge on any atom is 0.221 e. The molecule has 0 aliphatic rings. The summed E-state index contributed by atoms with van der Waals surface area (Å²) in [6.07, 6.45) is 1.51. The normalized spacial score (nSPS) is 12.8. The van der Waals surface area contributed by atoms with Crippen LogP contribution in [0.3, 0.4) is 0 Å². The van der Waals surface area contributed by atoms with E-state index in [9.17, 15) is 13.2 Å². The number of ether oxygens (including phenoxy) is 1. The van der Waals surface area contributed by atoms with Crippen molar-refractivity contribution in [3.8, 4) is 0 Å². The highest BCUT2D eigenvalue weighted by molar-refractivity contribution is 7.91. The Bertz CT molecular complexity index is 772. The summed E-state index contributed by atoms with van der Waals surface area (Å²) in [7, 11) is -0.170. The second-order valence-electron chi connectivity index (χ2n) is 5.34. The molecule has 0 radical (unpaired) electrons. The van der Waals surface area contributed by atoms with Crippen molar-refractivity contribution >= 4 is 15.7 Å². The van der Waals surface area contributed by atoms with Gasteiger partial charge in [0.05, 0.1) is 29.0 Å². The van der Waals surface area contributed by atoms with Crippen molar-refractivity contribution in [2.24, 2.45) is 7.05 Å². The molecule has 24 heavy (non-hydrogen) atoms. The number of amides is 1. The molecule has 0 unspecified atom stereocenters. The maximum atomic E-state index is 12.2. The minimum Gasteiger partial charge on any atom is -0.382 e. The van der Waals surface area contributed by atoms with Crippen LogP contribution in [-0.4, -0.2) is 43.6 Å². The zero-order valence-electron chi connectivity index (χ0n) is 13.7. The highest BCUT2D eigenvalue weighted by Crippen LogP contribution is 2.14. The third kappa shape index (κ3) is 4.65. The monoisotopic (exact) mass is 351 g/mol. The number of methoxy groups -OCH3 is 1. The van der Waals surface area contributed by atoms with Gasteiger partial charge in [0, 0.05) is 26.8 Å². The fourth-order valence-electron chi connectivity index (χ4n) is 2.33. The van der Waals surface area contributed by atoms with Crippen molar-refractivity contribution in [1.29, 1.82) is 0 Å². The number of benzene rings is 1. The molecular formula is C16H21N3O4S. The van der Waals surface area contributed by atoms with Crippen LogP contribution in [0.1, 0.15) is 18.2 Å². The zero-order chi connectivity index (χ0) is 17.6. The lowest BCUT2D eigenvalue weighted by atomic mass is 10.2. The number of sulfone groups is 1. The van der Waals surface area contributed by atoms with Crippen molar-refractivity contribution in [2.75, 3.05) is 19.5 Å². The van der Waals surface area contributed by atoms with E-state index in [1.807, 2.05) is 0 Å². The van der Waals surface area contributed by atoms with Gasteiger partial charge in [0.15, 0.2) is 9.84 Å². The van der Waals surface area contributed by atoms with Gasteiger partial charge in [0.25, 0.3) is 0 Å². The first-order chi connectivity index (χ1) is 11.4. The van der Waals surface area contributed by atoms with Crippen molar-refractivity contribution in [3.05, 3.63) is 48.3 Å². The minimum absolute atomic E-state index is 0.116. The van der Waals surface area contributed by atoms with Crippen LogP contribution in [0.15, 0.2) is 47.5 Å². The lowest BCUT2D eigenvalue weighted by Crippen LogP contribution is -2.33. The molecule has 1 heterocycles. The average Bonchev–Trinajstić information content (AvgIpc) is 2.99. The molecule has 1 N–H and O–H groups in total. The van der Waals surface area contributed by atoms with Crippen LogP contribution in [0.4, 0.5) is 0 Å². The molecule has 2 rings (SSSR count). The Morgan fingerprint density at radius 1 is 1.29 bits per heavy atom. The molecule has 2 aromatic rings. The molecule has 0 fully saturated rings. The van der Waals surface area contributed by atoms with E-state index in [4.69, 9.17) is 4.74 Å². The lowest BCUT2D eigenvalue weighted by molar-refractivity contribution is -0.121. The van der Waals surface area contributed by atoms with Crippen LogP contribution in [0, 0.1) is 0 Å². The number of nitrogens with one attached hydrogen (secondary N) is 1. The number of hydrogen-bond acceptors (Lipinski definition) is 5. The zero-order valence-corrected chi connectivity index (χ0v) is 14.5. The van der Waals surface area contributed by atoms with Gasteiger partial charge < -0.3 is 10.1 Å².